The highest BCUT2D eigenvalue weighted by molar-refractivity contribution is 14.0. The van der Waals surface area contributed by atoms with Crippen molar-refractivity contribution >= 4 is 52.5 Å². The van der Waals surface area contributed by atoms with Gasteiger partial charge in [0.1, 0.15) is 0 Å². The first-order chi connectivity index (χ1) is 11.2. The van der Waals surface area contributed by atoms with Crippen molar-refractivity contribution in [2.45, 2.75) is 36.3 Å². The molecule has 2 rings (SSSR count). The molecule has 1 fully saturated rings. The molecule has 1 aliphatic carbocycles. The normalized spacial score (nSPS) is 21.8. The summed E-state index contributed by atoms with van der Waals surface area (Å²) < 4.78 is 12.1. The summed E-state index contributed by atoms with van der Waals surface area (Å²) in [6, 6.07) is 10.5. The molecule has 3 unspecified atom stereocenters. The number of thioether (sulfide) groups is 1. The average Bonchev–Trinajstić information content (AvgIpc) is 3.02. The molecule has 0 aliphatic heterocycles. The lowest BCUT2D eigenvalue weighted by molar-refractivity contribution is 0.617. The SMILES string of the molecule is CN=C(NCCS(=O)Cc1ccccc1)NC1CCC(SC)C1.I. The van der Waals surface area contributed by atoms with Crippen LogP contribution in [-0.2, 0) is 16.6 Å². The Morgan fingerprint density at radius 1 is 1.33 bits per heavy atom. The summed E-state index contributed by atoms with van der Waals surface area (Å²) in [4.78, 5) is 4.27. The van der Waals surface area contributed by atoms with Gasteiger partial charge in [-0.15, -0.1) is 24.0 Å². The Kier molecular flexibility index (Phi) is 11.0. The minimum atomic E-state index is -0.849. The van der Waals surface area contributed by atoms with Crippen LogP contribution in [0.3, 0.4) is 0 Å². The third-order valence-corrected chi connectivity index (χ3v) is 6.48. The second-order valence-corrected chi connectivity index (χ2v) is 8.50. The molecule has 136 valence electrons. The number of nitrogens with zero attached hydrogens (tertiary/aromatic N) is 1. The fraction of sp³-hybridized carbons (Fsp3) is 0.588. The van der Waals surface area contributed by atoms with Crippen molar-refractivity contribution in [1.29, 1.82) is 0 Å². The predicted molar refractivity (Wildman–Crippen MR) is 118 cm³/mol. The third-order valence-electron chi connectivity index (χ3n) is 4.07. The lowest BCUT2D eigenvalue weighted by Crippen LogP contribution is -2.43. The summed E-state index contributed by atoms with van der Waals surface area (Å²) in [6.07, 6.45) is 5.85. The van der Waals surface area contributed by atoms with E-state index in [1.54, 1.807) is 7.05 Å². The summed E-state index contributed by atoms with van der Waals surface area (Å²) in [5.74, 6) is 2.08. The Hall–Kier alpha value is -0.280. The second-order valence-electron chi connectivity index (χ2n) is 5.78. The second kappa shape index (κ2) is 12.1. The first kappa shape index (κ1) is 21.8. The van der Waals surface area contributed by atoms with Crippen LogP contribution in [0.1, 0.15) is 24.8 Å². The van der Waals surface area contributed by atoms with Crippen LogP contribution < -0.4 is 10.6 Å². The first-order valence-electron chi connectivity index (χ1n) is 8.10. The number of halogens is 1. The van der Waals surface area contributed by atoms with E-state index in [1.165, 1.54) is 19.3 Å². The van der Waals surface area contributed by atoms with Gasteiger partial charge in [0, 0.05) is 47.2 Å². The zero-order chi connectivity index (χ0) is 16.5. The molecule has 7 heteroatoms. The zero-order valence-electron chi connectivity index (χ0n) is 14.4. The van der Waals surface area contributed by atoms with E-state index in [0.29, 0.717) is 24.1 Å². The fourth-order valence-electron chi connectivity index (χ4n) is 2.79. The van der Waals surface area contributed by atoms with E-state index in [-0.39, 0.29) is 24.0 Å². The summed E-state index contributed by atoms with van der Waals surface area (Å²) in [6.45, 7) is 0.678. The molecule has 0 aromatic heterocycles. The average molecular weight is 481 g/mol. The van der Waals surface area contributed by atoms with Crippen LogP contribution >= 0.6 is 35.7 Å². The van der Waals surface area contributed by atoms with Crippen molar-refractivity contribution < 1.29 is 4.21 Å². The van der Waals surface area contributed by atoms with Crippen LogP contribution in [0.15, 0.2) is 35.3 Å². The standard InChI is InChI=1S/C17H27N3OS2.HI/c1-18-17(20-15-8-9-16(12-15)22-2)19-10-11-23(21)13-14-6-4-3-5-7-14;/h3-7,15-16H,8-13H2,1-2H3,(H2,18,19,20);1H. The molecule has 0 saturated heterocycles. The molecule has 1 aliphatic rings. The van der Waals surface area contributed by atoms with Gasteiger partial charge in [0.25, 0.3) is 0 Å². The van der Waals surface area contributed by atoms with Gasteiger partial charge in [0.15, 0.2) is 5.96 Å². The number of guanidine groups is 1. The highest BCUT2D eigenvalue weighted by atomic mass is 127. The van der Waals surface area contributed by atoms with Gasteiger partial charge in [0.05, 0.1) is 0 Å². The zero-order valence-corrected chi connectivity index (χ0v) is 18.3. The number of aliphatic imine (C=N–C) groups is 1. The van der Waals surface area contributed by atoms with Crippen LogP contribution in [0.5, 0.6) is 0 Å². The van der Waals surface area contributed by atoms with Crippen molar-refractivity contribution in [3.63, 3.8) is 0 Å². The van der Waals surface area contributed by atoms with Gasteiger partial charge in [-0.1, -0.05) is 30.3 Å². The van der Waals surface area contributed by atoms with Gasteiger partial charge in [-0.05, 0) is 31.1 Å². The Bertz CT molecular complexity index is 528. The molecule has 3 atom stereocenters. The Morgan fingerprint density at radius 2 is 2.08 bits per heavy atom. The lowest BCUT2D eigenvalue weighted by atomic mass is 10.2. The lowest BCUT2D eigenvalue weighted by Gasteiger charge is -2.17. The van der Waals surface area contributed by atoms with E-state index < -0.39 is 10.8 Å². The van der Waals surface area contributed by atoms with E-state index in [1.807, 2.05) is 42.1 Å². The molecule has 1 saturated carbocycles. The molecule has 4 nitrogen and oxygen atoms in total. The van der Waals surface area contributed by atoms with Crippen molar-refractivity contribution in [2.75, 3.05) is 25.6 Å². The Labute approximate surface area is 169 Å². The van der Waals surface area contributed by atoms with Crippen molar-refractivity contribution in [1.82, 2.24) is 10.6 Å². The summed E-state index contributed by atoms with van der Waals surface area (Å²) in [5.41, 5.74) is 1.13. The van der Waals surface area contributed by atoms with Crippen molar-refractivity contribution in [3.8, 4) is 0 Å². The topological polar surface area (TPSA) is 53.5 Å². The van der Waals surface area contributed by atoms with Gasteiger partial charge in [-0.2, -0.15) is 11.8 Å². The highest BCUT2D eigenvalue weighted by Crippen LogP contribution is 2.27. The first-order valence-corrected chi connectivity index (χ1v) is 10.9. The van der Waals surface area contributed by atoms with E-state index in [0.717, 1.165) is 16.8 Å². The summed E-state index contributed by atoms with van der Waals surface area (Å²) in [7, 11) is 0.940. The van der Waals surface area contributed by atoms with Gasteiger partial charge in [-0.3, -0.25) is 9.20 Å². The van der Waals surface area contributed by atoms with Crippen LogP contribution in [-0.4, -0.2) is 47.1 Å². The van der Waals surface area contributed by atoms with Gasteiger partial charge >= 0.3 is 0 Å². The van der Waals surface area contributed by atoms with Crippen molar-refractivity contribution in [2.24, 2.45) is 4.99 Å². The fourth-order valence-corrected chi connectivity index (χ4v) is 4.62. The van der Waals surface area contributed by atoms with Gasteiger partial charge in [0.2, 0.25) is 0 Å². The molecule has 1 aromatic carbocycles. The molecular weight excluding hydrogens is 453 g/mol. The minimum absolute atomic E-state index is 0. The highest BCUT2D eigenvalue weighted by Gasteiger charge is 2.24. The van der Waals surface area contributed by atoms with Crippen molar-refractivity contribution in [3.05, 3.63) is 35.9 Å². The van der Waals surface area contributed by atoms with E-state index >= 15 is 0 Å². The number of hydrogen-bond acceptors (Lipinski definition) is 3. The largest absolute Gasteiger partial charge is 0.355 e. The maximum Gasteiger partial charge on any atom is 0.191 e. The molecule has 0 radical (unpaired) electrons. The van der Waals surface area contributed by atoms with E-state index in [9.17, 15) is 4.21 Å². The Balaban J connectivity index is 0.00000288. The number of benzene rings is 1. The molecule has 1 aromatic rings. The molecule has 0 spiro atoms. The molecule has 24 heavy (non-hydrogen) atoms. The van der Waals surface area contributed by atoms with E-state index in [2.05, 4.69) is 21.9 Å². The van der Waals surface area contributed by atoms with Crippen LogP contribution in [0.25, 0.3) is 0 Å². The minimum Gasteiger partial charge on any atom is -0.355 e. The third kappa shape index (κ3) is 7.74. The van der Waals surface area contributed by atoms with E-state index in [4.69, 9.17) is 0 Å². The quantitative estimate of drug-likeness (QED) is 0.357. The molecular formula is C17H28IN3OS2. The Morgan fingerprint density at radius 3 is 2.71 bits per heavy atom. The summed E-state index contributed by atoms with van der Waals surface area (Å²) >= 11 is 1.95. The number of hydrogen-bond donors (Lipinski definition) is 2. The van der Waals surface area contributed by atoms with Crippen LogP contribution in [0, 0.1) is 0 Å². The number of rotatable bonds is 7. The molecule has 0 amide bonds. The molecule has 0 heterocycles. The van der Waals surface area contributed by atoms with Gasteiger partial charge < -0.3 is 10.6 Å². The maximum absolute atomic E-state index is 12.1. The maximum atomic E-state index is 12.1. The monoisotopic (exact) mass is 481 g/mol. The smallest absolute Gasteiger partial charge is 0.191 e. The number of nitrogens with one attached hydrogen (secondary N) is 2. The van der Waals surface area contributed by atoms with Gasteiger partial charge in [-0.25, -0.2) is 0 Å². The van der Waals surface area contributed by atoms with Crippen LogP contribution in [0.4, 0.5) is 0 Å². The molecule has 2 N–H and O–H groups in total. The predicted octanol–water partition coefficient (Wildman–Crippen LogP) is 3.00. The van der Waals surface area contributed by atoms with Crippen LogP contribution in [0.2, 0.25) is 0 Å². The summed E-state index contributed by atoms with van der Waals surface area (Å²) in [5, 5.41) is 7.53. The molecule has 0 bridgehead atoms.